The third-order valence-corrected chi connectivity index (χ3v) is 4.38. The highest BCUT2D eigenvalue weighted by molar-refractivity contribution is 7.12. The zero-order valence-electron chi connectivity index (χ0n) is 13.4. The number of pyridine rings is 1. The van der Waals surface area contributed by atoms with Gasteiger partial charge in [-0.2, -0.15) is 0 Å². The van der Waals surface area contributed by atoms with Crippen molar-refractivity contribution in [2.75, 3.05) is 10.6 Å². The van der Waals surface area contributed by atoms with E-state index in [1.165, 1.54) is 11.3 Å². The highest BCUT2D eigenvalue weighted by Gasteiger charge is 2.08. The van der Waals surface area contributed by atoms with Crippen LogP contribution in [0.15, 0.2) is 66.3 Å². The smallest absolute Gasteiger partial charge is 0.265 e. The molecular weight excluding hydrogens is 334 g/mol. The molecule has 0 radical (unpaired) electrons. The molecule has 0 aliphatic heterocycles. The zero-order valence-corrected chi connectivity index (χ0v) is 14.3. The van der Waals surface area contributed by atoms with E-state index in [0.717, 1.165) is 5.56 Å². The molecule has 1 aromatic carbocycles. The standard InChI is InChI=1S/C19H17N3O2S/c23-18(9-8-14-4-2-10-20-13-14)21-15-5-1-6-16(12-15)22-19(24)17-7-3-11-25-17/h1-7,10-13H,8-9H2,(H,21,23)(H,22,24). The molecule has 0 bridgehead atoms. The van der Waals surface area contributed by atoms with Gasteiger partial charge in [-0.1, -0.05) is 18.2 Å². The van der Waals surface area contributed by atoms with Crippen molar-refractivity contribution in [1.82, 2.24) is 4.98 Å². The number of carbonyl (C=O) groups is 2. The van der Waals surface area contributed by atoms with Gasteiger partial charge in [-0.25, -0.2) is 0 Å². The first-order valence-corrected chi connectivity index (χ1v) is 8.72. The number of aromatic nitrogens is 1. The summed E-state index contributed by atoms with van der Waals surface area (Å²) in [4.78, 5) is 28.8. The summed E-state index contributed by atoms with van der Waals surface area (Å²) >= 11 is 1.38. The van der Waals surface area contributed by atoms with E-state index in [1.807, 2.05) is 23.6 Å². The second kappa shape index (κ2) is 8.21. The van der Waals surface area contributed by atoms with E-state index in [-0.39, 0.29) is 11.8 Å². The predicted molar refractivity (Wildman–Crippen MR) is 99.9 cm³/mol. The van der Waals surface area contributed by atoms with Gasteiger partial charge in [0.25, 0.3) is 5.91 Å². The number of carbonyl (C=O) groups excluding carboxylic acids is 2. The molecule has 2 N–H and O–H groups in total. The fraction of sp³-hybridized carbons (Fsp3) is 0.105. The normalized spacial score (nSPS) is 10.2. The van der Waals surface area contributed by atoms with Gasteiger partial charge >= 0.3 is 0 Å². The third kappa shape index (κ3) is 4.99. The third-order valence-electron chi connectivity index (χ3n) is 3.51. The van der Waals surface area contributed by atoms with Crippen LogP contribution in [0.1, 0.15) is 21.7 Å². The quantitative estimate of drug-likeness (QED) is 0.706. The maximum absolute atomic E-state index is 12.1. The van der Waals surface area contributed by atoms with Crippen molar-refractivity contribution in [3.8, 4) is 0 Å². The summed E-state index contributed by atoms with van der Waals surface area (Å²) in [6.45, 7) is 0. The van der Waals surface area contributed by atoms with Crippen LogP contribution in [-0.2, 0) is 11.2 Å². The van der Waals surface area contributed by atoms with E-state index < -0.39 is 0 Å². The molecule has 0 saturated heterocycles. The van der Waals surface area contributed by atoms with Crippen LogP contribution >= 0.6 is 11.3 Å². The second-order valence-corrected chi connectivity index (χ2v) is 6.37. The summed E-state index contributed by atoms with van der Waals surface area (Å²) in [6, 6.07) is 14.5. The van der Waals surface area contributed by atoms with Gasteiger partial charge in [0.1, 0.15) is 0 Å². The first kappa shape index (κ1) is 16.9. The Bertz CT molecular complexity index is 848. The summed E-state index contributed by atoms with van der Waals surface area (Å²) in [5.41, 5.74) is 2.32. The number of rotatable bonds is 6. The van der Waals surface area contributed by atoms with Crippen LogP contribution in [-0.4, -0.2) is 16.8 Å². The van der Waals surface area contributed by atoms with Crippen molar-refractivity contribution in [2.24, 2.45) is 0 Å². The minimum atomic E-state index is -0.157. The molecule has 2 aromatic heterocycles. The fourth-order valence-electron chi connectivity index (χ4n) is 2.30. The van der Waals surface area contributed by atoms with E-state index in [9.17, 15) is 9.59 Å². The molecule has 0 unspecified atom stereocenters. The molecular formula is C19H17N3O2S. The average molecular weight is 351 g/mol. The minimum absolute atomic E-state index is 0.0782. The van der Waals surface area contributed by atoms with Crippen LogP contribution in [0.2, 0.25) is 0 Å². The van der Waals surface area contributed by atoms with Crippen molar-refractivity contribution in [1.29, 1.82) is 0 Å². The number of aryl methyl sites for hydroxylation is 1. The van der Waals surface area contributed by atoms with Crippen LogP contribution in [0.4, 0.5) is 11.4 Å². The average Bonchev–Trinajstić information content (AvgIpc) is 3.16. The highest BCUT2D eigenvalue weighted by atomic mass is 32.1. The first-order valence-electron chi connectivity index (χ1n) is 7.84. The van der Waals surface area contributed by atoms with Crippen LogP contribution in [0.25, 0.3) is 0 Å². The topological polar surface area (TPSA) is 71.1 Å². The monoisotopic (exact) mass is 351 g/mol. The van der Waals surface area contributed by atoms with Crippen LogP contribution in [0.5, 0.6) is 0 Å². The number of amides is 2. The van der Waals surface area contributed by atoms with Gasteiger partial charge in [-0.3, -0.25) is 14.6 Å². The predicted octanol–water partition coefficient (Wildman–Crippen LogP) is 3.97. The zero-order chi connectivity index (χ0) is 17.5. The Morgan fingerprint density at radius 1 is 1.00 bits per heavy atom. The van der Waals surface area contributed by atoms with Crippen LogP contribution < -0.4 is 10.6 Å². The Balaban J connectivity index is 1.56. The van der Waals surface area contributed by atoms with E-state index >= 15 is 0 Å². The molecule has 0 atom stereocenters. The number of nitrogens with one attached hydrogen (secondary N) is 2. The molecule has 0 aliphatic rings. The lowest BCUT2D eigenvalue weighted by molar-refractivity contribution is -0.116. The van der Waals surface area contributed by atoms with Crippen molar-refractivity contribution < 1.29 is 9.59 Å². The van der Waals surface area contributed by atoms with Crippen molar-refractivity contribution in [3.05, 3.63) is 76.7 Å². The SMILES string of the molecule is O=C(CCc1cccnc1)Nc1cccc(NC(=O)c2cccs2)c1. The Morgan fingerprint density at radius 3 is 2.56 bits per heavy atom. The van der Waals surface area contributed by atoms with Crippen LogP contribution in [0, 0.1) is 0 Å². The molecule has 0 spiro atoms. The number of hydrogen-bond acceptors (Lipinski definition) is 4. The molecule has 25 heavy (non-hydrogen) atoms. The van der Waals surface area contributed by atoms with Crippen LogP contribution in [0.3, 0.4) is 0 Å². The molecule has 5 nitrogen and oxygen atoms in total. The number of thiophene rings is 1. The molecule has 6 heteroatoms. The Labute approximate surface area is 149 Å². The summed E-state index contributed by atoms with van der Waals surface area (Å²) in [5, 5.41) is 7.54. The Kier molecular flexibility index (Phi) is 5.53. The second-order valence-electron chi connectivity index (χ2n) is 5.42. The largest absolute Gasteiger partial charge is 0.326 e. The summed E-state index contributed by atoms with van der Waals surface area (Å²) < 4.78 is 0. The van der Waals surface area contributed by atoms with Gasteiger partial charge in [0.05, 0.1) is 4.88 Å². The number of benzene rings is 1. The van der Waals surface area contributed by atoms with Gasteiger partial charge in [0.15, 0.2) is 0 Å². The van der Waals surface area contributed by atoms with Gasteiger partial charge in [-0.15, -0.1) is 11.3 Å². The maximum atomic E-state index is 12.1. The van der Waals surface area contributed by atoms with Gasteiger partial charge < -0.3 is 10.6 Å². The van der Waals surface area contributed by atoms with Crippen molar-refractivity contribution in [2.45, 2.75) is 12.8 Å². The van der Waals surface area contributed by atoms with Crippen molar-refractivity contribution in [3.63, 3.8) is 0 Å². The van der Waals surface area contributed by atoms with Gasteiger partial charge in [0, 0.05) is 30.2 Å². The van der Waals surface area contributed by atoms with Gasteiger partial charge in [0.2, 0.25) is 5.91 Å². The molecule has 2 heterocycles. The molecule has 0 aliphatic carbocycles. The first-order chi connectivity index (χ1) is 12.2. The highest BCUT2D eigenvalue weighted by Crippen LogP contribution is 2.18. The molecule has 0 fully saturated rings. The minimum Gasteiger partial charge on any atom is -0.326 e. The summed E-state index contributed by atoms with van der Waals surface area (Å²) in [5.74, 6) is -0.236. The molecule has 0 saturated carbocycles. The molecule has 126 valence electrons. The van der Waals surface area contributed by atoms with Crippen molar-refractivity contribution >= 4 is 34.5 Å². The molecule has 2 amide bonds. The molecule has 3 rings (SSSR count). The molecule has 3 aromatic rings. The number of anilines is 2. The number of hydrogen-bond donors (Lipinski definition) is 2. The van der Waals surface area contributed by atoms with E-state index in [2.05, 4.69) is 15.6 Å². The lowest BCUT2D eigenvalue weighted by Gasteiger charge is -2.08. The lowest BCUT2D eigenvalue weighted by atomic mass is 10.1. The summed E-state index contributed by atoms with van der Waals surface area (Å²) in [6.07, 6.45) is 4.47. The Morgan fingerprint density at radius 2 is 1.84 bits per heavy atom. The summed E-state index contributed by atoms with van der Waals surface area (Å²) in [7, 11) is 0. The van der Waals surface area contributed by atoms with E-state index in [4.69, 9.17) is 0 Å². The fourth-order valence-corrected chi connectivity index (χ4v) is 2.92. The van der Waals surface area contributed by atoms with Gasteiger partial charge in [-0.05, 0) is 47.7 Å². The lowest BCUT2D eigenvalue weighted by Crippen LogP contribution is -2.13. The number of nitrogens with zero attached hydrogens (tertiary/aromatic N) is 1. The van der Waals surface area contributed by atoms with E-state index in [1.54, 1.807) is 42.7 Å². The Hall–Kier alpha value is -2.99. The van der Waals surface area contributed by atoms with E-state index in [0.29, 0.717) is 29.1 Å². The maximum Gasteiger partial charge on any atom is 0.265 e.